The summed E-state index contributed by atoms with van der Waals surface area (Å²) in [4.78, 5) is 15.5. The highest BCUT2D eigenvalue weighted by Gasteiger charge is 2.13. The molecule has 0 aromatic carbocycles. The molecule has 17 heavy (non-hydrogen) atoms. The Balaban J connectivity index is 2.04. The molecule has 0 atom stereocenters. The second-order valence-electron chi connectivity index (χ2n) is 2.86. The lowest BCUT2D eigenvalue weighted by atomic mass is 10.6. The Morgan fingerprint density at radius 1 is 1.35 bits per heavy atom. The van der Waals surface area contributed by atoms with Crippen molar-refractivity contribution in [3.8, 4) is 0 Å². The lowest BCUT2D eigenvalue weighted by Gasteiger charge is -1.97. The van der Waals surface area contributed by atoms with E-state index in [9.17, 15) is 4.79 Å². The Hall–Kier alpha value is -2.16. The van der Waals surface area contributed by atoms with Gasteiger partial charge in [0.1, 0.15) is 0 Å². The molecule has 2 rings (SSSR count). The monoisotopic (exact) mass is 251 g/mol. The third-order valence-electron chi connectivity index (χ3n) is 1.66. The summed E-state index contributed by atoms with van der Waals surface area (Å²) in [6, 6.07) is 0. The van der Waals surface area contributed by atoms with Crippen molar-refractivity contribution < 1.29 is 4.79 Å². The Kier molecular flexibility index (Phi) is 3.50. The number of amides is 1. The molecular weight excluding hydrogens is 242 g/mol. The fourth-order valence-electron chi connectivity index (χ4n) is 0.998. The topological polar surface area (TPSA) is 106 Å². The molecule has 2 aromatic rings. The zero-order chi connectivity index (χ0) is 12.1. The number of nitrogens with zero attached hydrogens (tertiary/aromatic N) is 5. The lowest BCUT2D eigenvalue weighted by molar-refractivity contribution is 0.102. The van der Waals surface area contributed by atoms with Crippen molar-refractivity contribution in [2.24, 2.45) is 0 Å². The molecule has 9 heteroatoms. The average Bonchev–Trinajstić information content (AvgIpc) is 2.79. The molecule has 88 valence electrons. The van der Waals surface area contributed by atoms with E-state index >= 15 is 0 Å². The number of carbonyl (C=O) groups is 1. The first-order chi connectivity index (χ1) is 8.29. The molecule has 0 fully saturated rings. The fourth-order valence-corrected chi connectivity index (χ4v) is 1.70. The Labute approximate surface area is 101 Å². The van der Waals surface area contributed by atoms with Crippen molar-refractivity contribution in [3.05, 3.63) is 17.4 Å². The lowest BCUT2D eigenvalue weighted by Crippen LogP contribution is -2.14. The third-order valence-corrected chi connectivity index (χ3v) is 2.53. The van der Waals surface area contributed by atoms with E-state index in [4.69, 9.17) is 0 Å². The predicted octanol–water partition coefficient (Wildman–Crippen LogP) is 0.407. The predicted molar refractivity (Wildman–Crippen MR) is 61.9 cm³/mol. The first-order valence-electron chi connectivity index (χ1n) is 4.82. The number of carbonyl (C=O) groups excluding carboxylic acids is 1. The van der Waals surface area contributed by atoms with Crippen LogP contribution >= 0.6 is 11.3 Å². The third kappa shape index (κ3) is 2.91. The van der Waals surface area contributed by atoms with Crippen LogP contribution in [-0.2, 0) is 0 Å². The van der Waals surface area contributed by atoms with Gasteiger partial charge >= 0.3 is 0 Å². The zero-order valence-electron chi connectivity index (χ0n) is 8.91. The Morgan fingerprint density at radius 2 is 2.24 bits per heavy atom. The van der Waals surface area contributed by atoms with Gasteiger partial charge in [0.15, 0.2) is 0 Å². The number of nitrogens with one attached hydrogen (secondary N) is 2. The molecule has 0 saturated heterocycles. The van der Waals surface area contributed by atoms with Crippen LogP contribution in [0.5, 0.6) is 0 Å². The summed E-state index contributed by atoms with van der Waals surface area (Å²) >= 11 is 1.16. The first-order valence-corrected chi connectivity index (χ1v) is 5.63. The van der Waals surface area contributed by atoms with Crippen LogP contribution in [0, 0.1) is 0 Å². The van der Waals surface area contributed by atoms with Crippen LogP contribution in [0.4, 0.5) is 11.1 Å². The van der Waals surface area contributed by atoms with E-state index in [1.165, 1.54) is 12.4 Å². The first kappa shape index (κ1) is 11.3. The van der Waals surface area contributed by atoms with Gasteiger partial charge in [0, 0.05) is 6.54 Å². The fraction of sp³-hybridized carbons (Fsp3) is 0.250. The average molecular weight is 251 g/mol. The molecule has 0 aliphatic rings. The van der Waals surface area contributed by atoms with E-state index in [1.807, 2.05) is 6.92 Å². The molecule has 0 aliphatic carbocycles. The van der Waals surface area contributed by atoms with Crippen molar-refractivity contribution in [1.82, 2.24) is 25.4 Å². The van der Waals surface area contributed by atoms with Crippen LogP contribution < -0.4 is 10.6 Å². The van der Waals surface area contributed by atoms with Gasteiger partial charge < -0.3 is 5.32 Å². The summed E-state index contributed by atoms with van der Waals surface area (Å²) < 4.78 is 0. The van der Waals surface area contributed by atoms with Crippen LogP contribution in [0.3, 0.4) is 0 Å². The molecule has 2 aromatic heterocycles. The van der Waals surface area contributed by atoms with Gasteiger partial charge in [-0.3, -0.25) is 10.1 Å². The van der Waals surface area contributed by atoms with Crippen LogP contribution in [0.1, 0.15) is 16.7 Å². The van der Waals surface area contributed by atoms with Gasteiger partial charge in [0.2, 0.25) is 16.1 Å². The van der Waals surface area contributed by atoms with Crippen molar-refractivity contribution in [2.75, 3.05) is 17.2 Å². The summed E-state index contributed by atoms with van der Waals surface area (Å²) in [6.07, 6.45) is 2.86. The second kappa shape index (κ2) is 5.25. The maximum Gasteiger partial charge on any atom is 0.289 e. The van der Waals surface area contributed by atoms with Crippen LogP contribution in [-0.4, -0.2) is 37.8 Å². The van der Waals surface area contributed by atoms with E-state index in [0.29, 0.717) is 5.13 Å². The smallest absolute Gasteiger partial charge is 0.289 e. The quantitative estimate of drug-likeness (QED) is 0.810. The minimum Gasteiger partial charge on any atom is -0.360 e. The number of aromatic nitrogens is 5. The summed E-state index contributed by atoms with van der Waals surface area (Å²) in [7, 11) is 0. The highest BCUT2D eigenvalue weighted by molar-refractivity contribution is 7.17. The molecule has 0 aliphatic heterocycles. The van der Waals surface area contributed by atoms with Crippen LogP contribution in [0.15, 0.2) is 12.4 Å². The highest BCUT2D eigenvalue weighted by Crippen LogP contribution is 2.15. The molecular formula is C8H9N7OS. The summed E-state index contributed by atoms with van der Waals surface area (Å²) in [5.74, 6) is -0.266. The number of anilines is 2. The molecule has 8 nitrogen and oxygen atoms in total. The van der Waals surface area contributed by atoms with E-state index in [2.05, 4.69) is 36.0 Å². The van der Waals surface area contributed by atoms with Gasteiger partial charge in [-0.1, -0.05) is 11.3 Å². The molecule has 0 radical (unpaired) electrons. The van der Waals surface area contributed by atoms with E-state index in [1.54, 1.807) is 0 Å². The molecule has 2 heterocycles. The molecule has 0 unspecified atom stereocenters. The van der Waals surface area contributed by atoms with E-state index in [0.717, 1.165) is 17.9 Å². The molecule has 0 spiro atoms. The van der Waals surface area contributed by atoms with Gasteiger partial charge in [-0.2, -0.15) is 5.10 Å². The van der Waals surface area contributed by atoms with Crippen molar-refractivity contribution in [1.29, 1.82) is 0 Å². The van der Waals surface area contributed by atoms with Crippen molar-refractivity contribution in [2.45, 2.75) is 6.92 Å². The van der Waals surface area contributed by atoms with Crippen molar-refractivity contribution in [3.63, 3.8) is 0 Å². The van der Waals surface area contributed by atoms with E-state index in [-0.39, 0.29) is 11.0 Å². The molecule has 0 bridgehead atoms. The summed E-state index contributed by atoms with van der Waals surface area (Å²) in [6.45, 7) is 2.66. The van der Waals surface area contributed by atoms with Crippen LogP contribution in [0.25, 0.3) is 0 Å². The normalized spacial score (nSPS) is 9.94. The van der Waals surface area contributed by atoms with Gasteiger partial charge in [0.25, 0.3) is 5.91 Å². The minimum absolute atomic E-state index is 0.137. The van der Waals surface area contributed by atoms with Crippen LogP contribution in [0.2, 0.25) is 0 Å². The van der Waals surface area contributed by atoms with E-state index < -0.39 is 5.91 Å². The van der Waals surface area contributed by atoms with Gasteiger partial charge in [0.05, 0.1) is 12.4 Å². The van der Waals surface area contributed by atoms with Gasteiger partial charge in [-0.05, 0) is 6.92 Å². The molecule has 2 N–H and O–H groups in total. The second-order valence-corrected chi connectivity index (χ2v) is 3.84. The maximum absolute atomic E-state index is 11.7. The number of hydrogen-bond acceptors (Lipinski definition) is 8. The largest absolute Gasteiger partial charge is 0.360 e. The summed E-state index contributed by atoms with van der Waals surface area (Å²) in [5.41, 5.74) is 0. The number of rotatable bonds is 4. The minimum atomic E-state index is -0.403. The Bertz CT molecular complexity index is 500. The standard InChI is InChI=1S/C8H9N7OS/c1-2-9-8-15-13-6(17-8)5(16)12-7-10-3-4-11-14-7/h3-4H,2H2,1H3,(H,9,15)(H,10,12,14,16). The van der Waals surface area contributed by atoms with Gasteiger partial charge in [-0.15, -0.1) is 15.3 Å². The molecule has 0 saturated carbocycles. The van der Waals surface area contributed by atoms with Crippen molar-refractivity contribution >= 4 is 28.3 Å². The molecule has 1 amide bonds. The zero-order valence-corrected chi connectivity index (χ0v) is 9.73. The van der Waals surface area contributed by atoms with Gasteiger partial charge in [-0.25, -0.2) is 4.98 Å². The SMILES string of the molecule is CCNc1nnc(C(=O)Nc2nccnn2)s1. The Morgan fingerprint density at radius 3 is 2.94 bits per heavy atom. The summed E-state index contributed by atoms with van der Waals surface area (Å²) in [5, 5.41) is 21.1. The number of hydrogen-bond donors (Lipinski definition) is 2. The highest BCUT2D eigenvalue weighted by atomic mass is 32.1. The maximum atomic E-state index is 11.7.